The van der Waals surface area contributed by atoms with E-state index >= 15 is 0 Å². The van der Waals surface area contributed by atoms with Crippen LogP contribution in [0.4, 0.5) is 0 Å². The second kappa shape index (κ2) is 5.31. The molecule has 1 aromatic carbocycles. The number of benzene rings is 1. The Bertz CT molecular complexity index is 408. The molecule has 18 heavy (non-hydrogen) atoms. The fourth-order valence-electron chi connectivity index (χ4n) is 3.37. The highest BCUT2D eigenvalue weighted by molar-refractivity contribution is 5.44. The van der Waals surface area contributed by atoms with Crippen LogP contribution in [0.5, 0.6) is 5.75 Å². The lowest BCUT2D eigenvalue weighted by atomic mass is 9.57. The Morgan fingerprint density at radius 2 is 2.11 bits per heavy atom. The molecular formula is C16H25NO. The molecule has 1 fully saturated rings. The van der Waals surface area contributed by atoms with Crippen molar-refractivity contribution >= 4 is 0 Å². The zero-order valence-electron chi connectivity index (χ0n) is 12.0. The van der Waals surface area contributed by atoms with E-state index in [4.69, 9.17) is 4.74 Å². The van der Waals surface area contributed by atoms with Crippen LogP contribution in [-0.4, -0.2) is 20.7 Å². The van der Waals surface area contributed by atoms with E-state index in [-0.39, 0.29) is 5.41 Å². The van der Waals surface area contributed by atoms with Crippen molar-refractivity contribution in [3.63, 3.8) is 0 Å². The van der Waals surface area contributed by atoms with Crippen molar-refractivity contribution in [2.75, 3.05) is 20.7 Å². The number of ether oxygens (including phenoxy) is 1. The second-order valence-electron chi connectivity index (χ2n) is 5.70. The van der Waals surface area contributed by atoms with Gasteiger partial charge < -0.3 is 10.1 Å². The zero-order chi connectivity index (χ0) is 13.2. The molecule has 2 rings (SSSR count). The lowest BCUT2D eigenvalue weighted by Crippen LogP contribution is -2.48. The molecule has 1 N–H and O–H groups in total. The monoisotopic (exact) mass is 247 g/mol. The van der Waals surface area contributed by atoms with Crippen molar-refractivity contribution < 1.29 is 4.74 Å². The van der Waals surface area contributed by atoms with E-state index in [0.717, 1.165) is 18.2 Å². The highest BCUT2D eigenvalue weighted by atomic mass is 16.5. The molecule has 0 heterocycles. The molecule has 0 amide bonds. The Balaban J connectivity index is 2.34. The third-order valence-electron chi connectivity index (χ3n) is 4.38. The number of rotatable bonds is 5. The third kappa shape index (κ3) is 2.26. The standard InChI is InChI=1S/C16H25NO/c1-5-13-9-16(10-13,11-17-3)14-8-12(2)6-7-15(14)18-4/h6-8,13,17H,5,9-11H2,1-4H3. The molecule has 0 radical (unpaired) electrons. The summed E-state index contributed by atoms with van der Waals surface area (Å²) in [7, 11) is 3.82. The topological polar surface area (TPSA) is 21.3 Å². The Morgan fingerprint density at radius 3 is 2.67 bits per heavy atom. The minimum absolute atomic E-state index is 0.285. The van der Waals surface area contributed by atoms with Crippen LogP contribution in [0.3, 0.4) is 0 Å². The minimum Gasteiger partial charge on any atom is -0.496 e. The Labute approximate surface area is 111 Å². The molecule has 0 aromatic heterocycles. The van der Waals surface area contributed by atoms with Gasteiger partial charge in [0.2, 0.25) is 0 Å². The van der Waals surface area contributed by atoms with Crippen LogP contribution in [0.25, 0.3) is 0 Å². The molecule has 0 atom stereocenters. The molecule has 1 aliphatic carbocycles. The summed E-state index contributed by atoms with van der Waals surface area (Å²) in [6, 6.07) is 6.55. The molecule has 1 aliphatic rings. The second-order valence-corrected chi connectivity index (χ2v) is 5.70. The summed E-state index contributed by atoms with van der Waals surface area (Å²) >= 11 is 0. The van der Waals surface area contributed by atoms with Crippen LogP contribution < -0.4 is 10.1 Å². The molecular weight excluding hydrogens is 222 g/mol. The molecule has 0 bridgehead atoms. The summed E-state index contributed by atoms with van der Waals surface area (Å²) in [6.45, 7) is 5.50. The SMILES string of the molecule is CCC1CC(CNC)(c2cc(C)ccc2OC)C1. The summed E-state index contributed by atoms with van der Waals surface area (Å²) in [5, 5.41) is 3.37. The third-order valence-corrected chi connectivity index (χ3v) is 4.38. The van der Waals surface area contributed by atoms with Crippen molar-refractivity contribution in [1.29, 1.82) is 0 Å². The number of nitrogens with one attached hydrogen (secondary N) is 1. The Morgan fingerprint density at radius 1 is 1.39 bits per heavy atom. The molecule has 100 valence electrons. The van der Waals surface area contributed by atoms with Crippen molar-refractivity contribution in [3.8, 4) is 5.75 Å². The quantitative estimate of drug-likeness (QED) is 0.862. The van der Waals surface area contributed by atoms with E-state index in [1.54, 1.807) is 7.11 Å². The molecule has 0 spiro atoms. The normalized spacial score (nSPS) is 26.8. The molecule has 0 unspecified atom stereocenters. The Kier molecular flexibility index (Phi) is 3.96. The van der Waals surface area contributed by atoms with Crippen LogP contribution in [0.1, 0.15) is 37.3 Å². The van der Waals surface area contributed by atoms with Crippen LogP contribution in [-0.2, 0) is 5.41 Å². The van der Waals surface area contributed by atoms with Crippen LogP contribution >= 0.6 is 0 Å². The van der Waals surface area contributed by atoms with Crippen molar-refractivity contribution in [1.82, 2.24) is 5.32 Å². The average Bonchev–Trinajstić information content (AvgIpc) is 2.33. The van der Waals surface area contributed by atoms with Crippen molar-refractivity contribution in [2.45, 2.75) is 38.5 Å². The van der Waals surface area contributed by atoms with Gasteiger partial charge in [0.15, 0.2) is 0 Å². The summed E-state index contributed by atoms with van der Waals surface area (Å²) in [5.41, 5.74) is 3.00. The summed E-state index contributed by atoms with van der Waals surface area (Å²) in [6.07, 6.45) is 3.86. The number of hydrogen-bond donors (Lipinski definition) is 1. The molecule has 0 aliphatic heterocycles. The first-order valence-corrected chi connectivity index (χ1v) is 6.95. The zero-order valence-corrected chi connectivity index (χ0v) is 12.0. The van der Waals surface area contributed by atoms with Crippen molar-refractivity contribution in [3.05, 3.63) is 29.3 Å². The van der Waals surface area contributed by atoms with Crippen LogP contribution in [0.2, 0.25) is 0 Å². The van der Waals surface area contributed by atoms with Gasteiger partial charge in [-0.2, -0.15) is 0 Å². The summed E-state index contributed by atoms with van der Waals surface area (Å²) < 4.78 is 5.57. The van der Waals surface area contributed by atoms with Gasteiger partial charge in [0, 0.05) is 17.5 Å². The first-order valence-electron chi connectivity index (χ1n) is 6.95. The van der Waals surface area contributed by atoms with Gasteiger partial charge >= 0.3 is 0 Å². The lowest BCUT2D eigenvalue weighted by Gasteiger charge is -2.49. The highest BCUT2D eigenvalue weighted by Gasteiger charge is 2.45. The van der Waals surface area contributed by atoms with E-state index in [1.807, 2.05) is 7.05 Å². The maximum atomic E-state index is 5.57. The molecule has 0 saturated heterocycles. The van der Waals surface area contributed by atoms with Gasteiger partial charge in [-0.25, -0.2) is 0 Å². The van der Waals surface area contributed by atoms with Crippen LogP contribution in [0, 0.1) is 12.8 Å². The van der Waals surface area contributed by atoms with Gasteiger partial charge in [-0.3, -0.25) is 0 Å². The van der Waals surface area contributed by atoms with Gasteiger partial charge in [-0.05, 0) is 38.8 Å². The summed E-state index contributed by atoms with van der Waals surface area (Å²) in [5.74, 6) is 1.92. The predicted octanol–water partition coefficient (Wildman–Crippen LogP) is 3.28. The fourth-order valence-corrected chi connectivity index (χ4v) is 3.37. The average molecular weight is 247 g/mol. The van der Waals surface area contributed by atoms with Gasteiger partial charge in [0.05, 0.1) is 7.11 Å². The molecule has 1 aromatic rings. The van der Waals surface area contributed by atoms with E-state index in [2.05, 4.69) is 37.4 Å². The maximum absolute atomic E-state index is 5.57. The molecule has 2 heteroatoms. The predicted molar refractivity (Wildman–Crippen MR) is 76.4 cm³/mol. The number of hydrogen-bond acceptors (Lipinski definition) is 2. The number of likely N-dealkylation sites (N-methyl/N-ethyl adjacent to an activating group) is 1. The van der Waals surface area contributed by atoms with E-state index in [0.29, 0.717) is 0 Å². The summed E-state index contributed by atoms with van der Waals surface area (Å²) in [4.78, 5) is 0. The fraction of sp³-hybridized carbons (Fsp3) is 0.625. The van der Waals surface area contributed by atoms with E-state index in [9.17, 15) is 0 Å². The van der Waals surface area contributed by atoms with Gasteiger partial charge in [-0.15, -0.1) is 0 Å². The number of aryl methyl sites for hydroxylation is 1. The first kappa shape index (κ1) is 13.4. The number of methoxy groups -OCH3 is 1. The maximum Gasteiger partial charge on any atom is 0.122 e. The minimum atomic E-state index is 0.285. The van der Waals surface area contributed by atoms with Gasteiger partial charge in [0.25, 0.3) is 0 Å². The van der Waals surface area contributed by atoms with Crippen molar-refractivity contribution in [2.24, 2.45) is 5.92 Å². The van der Waals surface area contributed by atoms with E-state index in [1.165, 1.54) is 30.4 Å². The van der Waals surface area contributed by atoms with Crippen LogP contribution in [0.15, 0.2) is 18.2 Å². The van der Waals surface area contributed by atoms with E-state index < -0.39 is 0 Å². The first-order chi connectivity index (χ1) is 8.65. The molecule has 2 nitrogen and oxygen atoms in total. The molecule has 1 saturated carbocycles. The van der Waals surface area contributed by atoms with Gasteiger partial charge in [-0.1, -0.05) is 31.0 Å². The highest BCUT2D eigenvalue weighted by Crippen LogP contribution is 2.51. The largest absolute Gasteiger partial charge is 0.496 e. The Hall–Kier alpha value is -1.02. The lowest BCUT2D eigenvalue weighted by molar-refractivity contribution is 0.133. The van der Waals surface area contributed by atoms with Gasteiger partial charge in [0.1, 0.15) is 5.75 Å². The smallest absolute Gasteiger partial charge is 0.122 e.